The van der Waals surface area contributed by atoms with Crippen LogP contribution in [-0.4, -0.2) is 31.7 Å². The lowest BCUT2D eigenvalue weighted by atomic mass is 9.86. The molecule has 2 bridgehead atoms. The van der Waals surface area contributed by atoms with Crippen LogP contribution < -0.4 is 14.8 Å². The monoisotopic (exact) mass is 345 g/mol. The van der Waals surface area contributed by atoms with Crippen LogP contribution in [0, 0.1) is 17.8 Å². The van der Waals surface area contributed by atoms with Crippen LogP contribution in [0.15, 0.2) is 18.2 Å². The highest BCUT2D eigenvalue weighted by molar-refractivity contribution is 5.93. The van der Waals surface area contributed by atoms with Crippen molar-refractivity contribution in [3.63, 3.8) is 0 Å². The molecule has 1 aliphatic heterocycles. The highest BCUT2D eigenvalue weighted by Crippen LogP contribution is 2.49. The molecule has 1 aromatic carbocycles. The van der Waals surface area contributed by atoms with Gasteiger partial charge in [-0.3, -0.25) is 9.59 Å². The van der Waals surface area contributed by atoms with Gasteiger partial charge in [-0.1, -0.05) is 6.42 Å². The minimum atomic E-state index is -0.349. The Hall–Kier alpha value is -2.24. The number of carbonyl (C=O) groups excluding carboxylic acids is 2. The molecule has 0 saturated heterocycles. The molecular weight excluding hydrogens is 322 g/mol. The predicted molar refractivity (Wildman–Crippen MR) is 90.6 cm³/mol. The molecule has 0 radical (unpaired) electrons. The van der Waals surface area contributed by atoms with Crippen LogP contribution in [0.25, 0.3) is 0 Å². The normalized spacial score (nSPS) is 26.3. The average molecular weight is 345 g/mol. The van der Waals surface area contributed by atoms with Crippen molar-refractivity contribution < 1.29 is 23.8 Å². The third-order valence-corrected chi connectivity index (χ3v) is 5.50. The summed E-state index contributed by atoms with van der Waals surface area (Å²) in [5.74, 6) is 2.60. The quantitative estimate of drug-likeness (QED) is 0.831. The van der Waals surface area contributed by atoms with Gasteiger partial charge >= 0.3 is 5.97 Å². The molecule has 3 aliphatic rings. The van der Waals surface area contributed by atoms with Crippen LogP contribution in [0.1, 0.15) is 32.1 Å². The van der Waals surface area contributed by atoms with Gasteiger partial charge in [-0.15, -0.1) is 0 Å². The summed E-state index contributed by atoms with van der Waals surface area (Å²) in [5.41, 5.74) is 0.596. The van der Waals surface area contributed by atoms with Crippen molar-refractivity contribution in [2.45, 2.75) is 32.1 Å². The van der Waals surface area contributed by atoms with Crippen LogP contribution in [0.4, 0.5) is 5.69 Å². The number of amides is 1. The Balaban J connectivity index is 1.23. The smallest absolute Gasteiger partial charge is 0.306 e. The van der Waals surface area contributed by atoms with Gasteiger partial charge in [0.15, 0.2) is 18.1 Å². The number of esters is 1. The van der Waals surface area contributed by atoms with Crippen molar-refractivity contribution in [2.24, 2.45) is 17.8 Å². The van der Waals surface area contributed by atoms with Crippen molar-refractivity contribution in [2.75, 3.05) is 25.1 Å². The Morgan fingerprint density at radius 3 is 2.72 bits per heavy atom. The van der Waals surface area contributed by atoms with Crippen molar-refractivity contribution in [3.8, 4) is 11.5 Å². The largest absolute Gasteiger partial charge is 0.486 e. The summed E-state index contributed by atoms with van der Waals surface area (Å²) in [7, 11) is 0. The third kappa shape index (κ3) is 3.72. The molecule has 0 aromatic heterocycles. The number of hydrogen-bond donors (Lipinski definition) is 1. The fourth-order valence-electron chi connectivity index (χ4n) is 4.36. The van der Waals surface area contributed by atoms with Gasteiger partial charge in [0.1, 0.15) is 13.2 Å². The molecule has 0 unspecified atom stereocenters. The summed E-state index contributed by atoms with van der Waals surface area (Å²) >= 11 is 0. The highest BCUT2D eigenvalue weighted by Gasteiger charge is 2.40. The molecule has 2 saturated carbocycles. The van der Waals surface area contributed by atoms with Crippen LogP contribution in [-0.2, 0) is 14.3 Å². The van der Waals surface area contributed by atoms with Crippen LogP contribution in [0.3, 0.4) is 0 Å². The number of anilines is 1. The number of hydrogen-bond acceptors (Lipinski definition) is 5. The Morgan fingerprint density at radius 1 is 1.12 bits per heavy atom. The minimum absolute atomic E-state index is 0.256. The zero-order chi connectivity index (χ0) is 17.2. The van der Waals surface area contributed by atoms with E-state index in [1.54, 1.807) is 18.2 Å². The standard InChI is InChI=1S/C19H23NO5/c21-18(20-15-3-4-16-17(10-15)24-6-5-23-16)11-25-19(22)9-14-8-12-1-2-13(14)7-12/h3-4,10,12-14H,1-2,5-9,11H2,(H,20,21)/t12-,13-,14+/m1/s1. The number of ether oxygens (including phenoxy) is 3. The summed E-state index contributed by atoms with van der Waals surface area (Å²) in [6, 6.07) is 5.21. The fourth-order valence-corrected chi connectivity index (χ4v) is 4.36. The molecule has 134 valence electrons. The van der Waals surface area contributed by atoms with Gasteiger partial charge in [0.25, 0.3) is 5.91 Å². The van der Waals surface area contributed by atoms with Gasteiger partial charge in [-0.2, -0.15) is 0 Å². The molecule has 1 heterocycles. The molecule has 2 fully saturated rings. The highest BCUT2D eigenvalue weighted by atomic mass is 16.6. The number of carbonyl (C=O) groups is 2. The van der Waals surface area contributed by atoms with E-state index < -0.39 is 0 Å². The second-order valence-corrected chi connectivity index (χ2v) is 7.21. The number of nitrogens with one attached hydrogen (secondary N) is 1. The second-order valence-electron chi connectivity index (χ2n) is 7.21. The van der Waals surface area contributed by atoms with Crippen molar-refractivity contribution in [3.05, 3.63) is 18.2 Å². The zero-order valence-corrected chi connectivity index (χ0v) is 14.2. The first-order chi connectivity index (χ1) is 12.2. The Bertz CT molecular complexity index is 674. The van der Waals surface area contributed by atoms with E-state index in [0.29, 0.717) is 48.7 Å². The summed E-state index contributed by atoms with van der Waals surface area (Å²) < 4.78 is 16.1. The van der Waals surface area contributed by atoms with E-state index in [4.69, 9.17) is 14.2 Å². The maximum absolute atomic E-state index is 12.0. The van der Waals surface area contributed by atoms with Gasteiger partial charge in [0.05, 0.1) is 0 Å². The molecule has 3 atom stereocenters. The van der Waals surface area contributed by atoms with Gasteiger partial charge in [-0.05, 0) is 49.1 Å². The van der Waals surface area contributed by atoms with Crippen LogP contribution >= 0.6 is 0 Å². The lowest BCUT2D eigenvalue weighted by Gasteiger charge is -2.20. The number of benzene rings is 1. The van der Waals surface area contributed by atoms with Crippen LogP contribution in [0.2, 0.25) is 0 Å². The van der Waals surface area contributed by atoms with E-state index in [-0.39, 0.29) is 18.5 Å². The second kappa shape index (κ2) is 6.94. The lowest BCUT2D eigenvalue weighted by Crippen LogP contribution is -2.23. The third-order valence-electron chi connectivity index (χ3n) is 5.50. The van der Waals surface area contributed by atoms with E-state index in [1.807, 2.05) is 0 Å². The maximum atomic E-state index is 12.0. The molecule has 0 spiro atoms. The van der Waals surface area contributed by atoms with Crippen molar-refractivity contribution in [1.82, 2.24) is 0 Å². The molecule has 1 N–H and O–H groups in total. The molecular formula is C19H23NO5. The lowest BCUT2D eigenvalue weighted by molar-refractivity contribution is -0.148. The van der Waals surface area contributed by atoms with E-state index in [1.165, 1.54) is 19.3 Å². The topological polar surface area (TPSA) is 73.9 Å². The summed E-state index contributed by atoms with van der Waals surface area (Å²) in [6.45, 7) is 0.760. The molecule has 4 rings (SSSR count). The first-order valence-corrected chi connectivity index (χ1v) is 9.02. The molecule has 1 aromatic rings. The molecule has 25 heavy (non-hydrogen) atoms. The first-order valence-electron chi connectivity index (χ1n) is 9.02. The predicted octanol–water partition coefficient (Wildman–Crippen LogP) is 2.77. The summed E-state index contributed by atoms with van der Waals surface area (Å²) in [4.78, 5) is 24.0. The maximum Gasteiger partial charge on any atom is 0.306 e. The number of rotatable bonds is 5. The average Bonchev–Trinajstić information content (AvgIpc) is 3.23. The molecule has 1 amide bonds. The minimum Gasteiger partial charge on any atom is -0.486 e. The van der Waals surface area contributed by atoms with E-state index >= 15 is 0 Å². The van der Waals surface area contributed by atoms with Crippen molar-refractivity contribution in [1.29, 1.82) is 0 Å². The van der Waals surface area contributed by atoms with Gasteiger partial charge in [0, 0.05) is 18.2 Å². The summed E-state index contributed by atoms with van der Waals surface area (Å²) in [5, 5.41) is 2.72. The Kier molecular flexibility index (Phi) is 4.51. The van der Waals surface area contributed by atoms with Crippen LogP contribution in [0.5, 0.6) is 11.5 Å². The SMILES string of the molecule is O=C(COC(=O)C[C@@H]1C[C@@H]2CC[C@@H]1C2)Nc1ccc2c(c1)OCCO2. The van der Waals surface area contributed by atoms with E-state index in [2.05, 4.69) is 5.32 Å². The van der Waals surface area contributed by atoms with Gasteiger partial charge in [0.2, 0.25) is 0 Å². The first kappa shape index (κ1) is 16.2. The number of fused-ring (bicyclic) bond motifs is 3. The molecule has 2 aliphatic carbocycles. The van der Waals surface area contributed by atoms with Crippen molar-refractivity contribution >= 4 is 17.6 Å². The fraction of sp³-hybridized carbons (Fsp3) is 0.579. The van der Waals surface area contributed by atoms with E-state index in [0.717, 1.165) is 12.3 Å². The molecule has 6 nitrogen and oxygen atoms in total. The van der Waals surface area contributed by atoms with Gasteiger partial charge in [-0.25, -0.2) is 0 Å². The Labute approximate surface area is 146 Å². The zero-order valence-electron chi connectivity index (χ0n) is 14.2. The summed E-state index contributed by atoms with van der Waals surface area (Å²) in [6.07, 6.45) is 5.41. The van der Waals surface area contributed by atoms with Gasteiger partial charge < -0.3 is 19.5 Å². The van der Waals surface area contributed by atoms with E-state index in [9.17, 15) is 9.59 Å². The Morgan fingerprint density at radius 2 is 1.96 bits per heavy atom. The molecule has 6 heteroatoms.